The van der Waals surface area contributed by atoms with Crippen molar-refractivity contribution in [2.75, 3.05) is 19.7 Å². The molecule has 1 aromatic heterocycles. The van der Waals surface area contributed by atoms with Crippen LogP contribution in [0.2, 0.25) is 0 Å². The van der Waals surface area contributed by atoms with Gasteiger partial charge in [-0.1, -0.05) is 0 Å². The quantitative estimate of drug-likeness (QED) is 0.834. The van der Waals surface area contributed by atoms with Crippen LogP contribution in [0.5, 0.6) is 11.5 Å². The Bertz CT molecular complexity index is 688. The summed E-state index contributed by atoms with van der Waals surface area (Å²) in [4.78, 5) is 7.16. The molecule has 2 fully saturated rings. The van der Waals surface area contributed by atoms with Crippen LogP contribution in [0.15, 0.2) is 23.6 Å². The van der Waals surface area contributed by atoms with Crippen molar-refractivity contribution < 1.29 is 14.9 Å². The Balaban J connectivity index is 1.55. The van der Waals surface area contributed by atoms with Crippen molar-refractivity contribution in [2.24, 2.45) is 0 Å². The van der Waals surface area contributed by atoms with Crippen molar-refractivity contribution in [3.05, 3.63) is 28.6 Å². The molecule has 2 aliphatic rings. The van der Waals surface area contributed by atoms with Crippen LogP contribution in [0.3, 0.4) is 0 Å². The van der Waals surface area contributed by atoms with Crippen LogP contribution in [0.25, 0.3) is 11.3 Å². The highest BCUT2D eigenvalue weighted by Crippen LogP contribution is 2.35. The lowest BCUT2D eigenvalue weighted by Crippen LogP contribution is -2.42. The third-order valence-electron chi connectivity index (χ3n) is 4.46. The summed E-state index contributed by atoms with van der Waals surface area (Å²) in [5, 5.41) is 22.0. The van der Waals surface area contributed by atoms with E-state index in [0.29, 0.717) is 6.04 Å². The summed E-state index contributed by atoms with van der Waals surface area (Å²) in [6.45, 7) is 2.87. The van der Waals surface area contributed by atoms with Gasteiger partial charge in [-0.3, -0.25) is 4.90 Å². The number of benzene rings is 1. The van der Waals surface area contributed by atoms with Crippen LogP contribution in [0.4, 0.5) is 0 Å². The van der Waals surface area contributed by atoms with Crippen molar-refractivity contribution in [3.63, 3.8) is 0 Å². The summed E-state index contributed by atoms with van der Waals surface area (Å²) in [7, 11) is 0. The second-order valence-electron chi connectivity index (χ2n) is 5.89. The minimum atomic E-state index is -0.124. The van der Waals surface area contributed by atoms with E-state index in [9.17, 15) is 10.2 Å². The number of hydrogen-bond acceptors (Lipinski definition) is 6. The van der Waals surface area contributed by atoms with Crippen LogP contribution in [0, 0.1) is 0 Å². The first-order valence-corrected chi connectivity index (χ1v) is 8.42. The Morgan fingerprint density at radius 1 is 1.27 bits per heavy atom. The lowest BCUT2D eigenvalue weighted by molar-refractivity contribution is -0.0502. The fourth-order valence-corrected chi connectivity index (χ4v) is 4.08. The molecule has 22 heavy (non-hydrogen) atoms. The Labute approximate surface area is 132 Å². The van der Waals surface area contributed by atoms with Crippen LogP contribution in [-0.2, 0) is 4.74 Å². The van der Waals surface area contributed by atoms with E-state index in [-0.39, 0.29) is 17.6 Å². The average Bonchev–Trinajstić information content (AvgIpc) is 3.17. The van der Waals surface area contributed by atoms with E-state index in [1.54, 1.807) is 17.4 Å². The second kappa shape index (κ2) is 5.53. The van der Waals surface area contributed by atoms with Gasteiger partial charge in [0.05, 0.1) is 12.3 Å². The molecular weight excluding hydrogens is 300 g/mol. The van der Waals surface area contributed by atoms with Crippen LogP contribution in [0.1, 0.15) is 24.0 Å². The summed E-state index contributed by atoms with van der Waals surface area (Å²) in [5.41, 5.74) is 1.61. The summed E-state index contributed by atoms with van der Waals surface area (Å²) in [6, 6.07) is 5.36. The minimum absolute atomic E-state index is 0.0406. The first-order valence-electron chi connectivity index (χ1n) is 7.54. The Hall–Kier alpha value is -1.63. The molecule has 0 bridgehead atoms. The fraction of sp³-hybridized carbons (Fsp3) is 0.438. The van der Waals surface area contributed by atoms with Gasteiger partial charge in [-0.05, 0) is 37.6 Å². The predicted octanol–water partition coefficient (Wildman–Crippen LogP) is 2.76. The Kier molecular flexibility index (Phi) is 3.52. The molecule has 3 heterocycles. The van der Waals surface area contributed by atoms with Gasteiger partial charge in [0.2, 0.25) is 0 Å². The molecule has 0 radical (unpaired) electrons. The van der Waals surface area contributed by atoms with Crippen molar-refractivity contribution in [2.45, 2.75) is 25.0 Å². The molecule has 2 N–H and O–H groups in total. The molecular formula is C16H18N2O3S. The van der Waals surface area contributed by atoms with Crippen LogP contribution in [-0.4, -0.2) is 45.8 Å². The molecule has 6 heteroatoms. The highest BCUT2D eigenvalue weighted by atomic mass is 32.1. The van der Waals surface area contributed by atoms with E-state index in [1.165, 1.54) is 25.0 Å². The first-order chi connectivity index (χ1) is 10.7. The fourth-order valence-electron chi connectivity index (χ4n) is 3.22. The van der Waals surface area contributed by atoms with Gasteiger partial charge in [-0.15, -0.1) is 11.3 Å². The molecule has 2 aliphatic heterocycles. The van der Waals surface area contributed by atoms with Gasteiger partial charge in [-0.25, -0.2) is 4.98 Å². The van der Waals surface area contributed by atoms with Gasteiger partial charge in [0.25, 0.3) is 0 Å². The number of ether oxygens (including phenoxy) is 1. The molecule has 0 saturated carbocycles. The van der Waals surface area contributed by atoms with E-state index < -0.39 is 0 Å². The molecule has 0 spiro atoms. The maximum absolute atomic E-state index is 9.61. The van der Waals surface area contributed by atoms with E-state index in [1.807, 2.05) is 5.38 Å². The van der Waals surface area contributed by atoms with Gasteiger partial charge in [0.15, 0.2) is 11.5 Å². The summed E-state index contributed by atoms with van der Waals surface area (Å²) < 4.78 is 5.99. The molecule has 0 aliphatic carbocycles. The molecule has 116 valence electrons. The molecule has 5 nitrogen and oxygen atoms in total. The number of aromatic hydroxyl groups is 2. The van der Waals surface area contributed by atoms with E-state index >= 15 is 0 Å². The molecule has 1 aromatic carbocycles. The van der Waals surface area contributed by atoms with E-state index in [2.05, 4.69) is 9.88 Å². The molecule has 2 aromatic rings. The summed E-state index contributed by atoms with van der Waals surface area (Å²) >= 11 is 1.59. The van der Waals surface area contributed by atoms with Crippen LogP contribution >= 0.6 is 11.3 Å². The van der Waals surface area contributed by atoms with Crippen molar-refractivity contribution in [3.8, 4) is 22.8 Å². The summed E-state index contributed by atoms with van der Waals surface area (Å²) in [6.07, 6.45) is 2.54. The topological polar surface area (TPSA) is 65.8 Å². The Morgan fingerprint density at radius 3 is 3.05 bits per heavy atom. The first kappa shape index (κ1) is 14.0. The lowest BCUT2D eigenvalue weighted by Gasteiger charge is -2.34. The van der Waals surface area contributed by atoms with Gasteiger partial charge in [-0.2, -0.15) is 0 Å². The maximum atomic E-state index is 9.61. The zero-order chi connectivity index (χ0) is 15.1. The lowest BCUT2D eigenvalue weighted by atomic mass is 10.1. The maximum Gasteiger partial charge on any atom is 0.158 e. The monoisotopic (exact) mass is 318 g/mol. The number of fused-ring (bicyclic) bond motifs is 1. The highest BCUT2D eigenvalue weighted by Gasteiger charge is 2.34. The van der Waals surface area contributed by atoms with Crippen molar-refractivity contribution in [1.82, 2.24) is 9.88 Å². The number of morpholine rings is 1. The molecule has 0 unspecified atom stereocenters. The van der Waals surface area contributed by atoms with Crippen molar-refractivity contribution >= 4 is 11.3 Å². The average molecular weight is 318 g/mol. The third-order valence-corrected chi connectivity index (χ3v) is 5.39. The van der Waals surface area contributed by atoms with Crippen LogP contribution < -0.4 is 0 Å². The number of hydrogen-bond donors (Lipinski definition) is 2. The Morgan fingerprint density at radius 2 is 2.18 bits per heavy atom. The van der Waals surface area contributed by atoms with Gasteiger partial charge < -0.3 is 14.9 Å². The van der Waals surface area contributed by atoms with Gasteiger partial charge in [0, 0.05) is 23.5 Å². The molecule has 2 atom stereocenters. The SMILES string of the molecule is Oc1ccc(-c2csc([C@@H]3CN4CCC[C@@H]4CO3)n2)cc1O. The molecule has 2 saturated heterocycles. The van der Waals surface area contributed by atoms with Crippen molar-refractivity contribution in [1.29, 1.82) is 0 Å². The predicted molar refractivity (Wildman–Crippen MR) is 84.2 cm³/mol. The van der Waals surface area contributed by atoms with E-state index in [0.717, 1.165) is 36.0 Å². The molecule has 0 amide bonds. The smallest absolute Gasteiger partial charge is 0.158 e. The number of nitrogens with zero attached hydrogens (tertiary/aromatic N) is 2. The molecule has 4 rings (SSSR count). The highest BCUT2D eigenvalue weighted by molar-refractivity contribution is 7.10. The number of aromatic nitrogens is 1. The zero-order valence-corrected chi connectivity index (χ0v) is 12.9. The summed E-state index contributed by atoms with van der Waals surface area (Å²) in [5.74, 6) is -0.240. The minimum Gasteiger partial charge on any atom is -0.504 e. The number of rotatable bonds is 2. The second-order valence-corrected chi connectivity index (χ2v) is 6.78. The number of phenolic OH excluding ortho intramolecular Hbond substituents is 2. The van der Waals surface area contributed by atoms with Gasteiger partial charge >= 0.3 is 0 Å². The third kappa shape index (κ3) is 2.47. The normalized spacial score (nSPS) is 25.3. The van der Waals surface area contributed by atoms with E-state index in [4.69, 9.17) is 4.74 Å². The number of thiazole rings is 1. The zero-order valence-electron chi connectivity index (χ0n) is 12.1. The van der Waals surface area contributed by atoms with Gasteiger partial charge in [0.1, 0.15) is 11.1 Å². The largest absolute Gasteiger partial charge is 0.504 e. The number of phenols is 2. The standard InChI is InChI=1S/C16H18N2O3S/c19-13-4-3-10(6-14(13)20)12-9-22-16(17-12)15-7-18-5-1-2-11(18)8-21-15/h3-4,6,9,11,15,19-20H,1-2,5,7-8H2/t11-,15+/m1/s1.